The van der Waals surface area contributed by atoms with Gasteiger partial charge in [-0.3, -0.25) is 0 Å². The maximum atomic E-state index is 12.2. The molecule has 5 heteroatoms. The van der Waals surface area contributed by atoms with Crippen LogP contribution in [0.2, 0.25) is 0 Å². The smallest absolute Gasteiger partial charge is 0.200 e. The highest BCUT2D eigenvalue weighted by Crippen LogP contribution is 2.59. The van der Waals surface area contributed by atoms with Crippen molar-refractivity contribution >= 4 is 15.7 Å². The summed E-state index contributed by atoms with van der Waals surface area (Å²) in [4.78, 5) is 2.72. The number of nitrogens with one attached hydrogen (secondary N) is 1. The molecule has 0 aliphatic heterocycles. The summed E-state index contributed by atoms with van der Waals surface area (Å²) >= 11 is 0. The normalized spacial score (nSPS) is 35.6. The van der Waals surface area contributed by atoms with Crippen LogP contribution in [-0.4, -0.2) is 14.1 Å². The van der Waals surface area contributed by atoms with Gasteiger partial charge >= 0.3 is 0 Å². The Bertz CT molecular complexity index is 693. The Balaban J connectivity index is 1.52. The van der Waals surface area contributed by atoms with Gasteiger partial charge in [0.1, 0.15) is 0 Å². The molecular formula is C16H20N2O2S. The number of benzene rings is 1. The minimum absolute atomic E-state index is 0.280. The topological polar surface area (TPSA) is 58.5 Å². The summed E-state index contributed by atoms with van der Waals surface area (Å²) in [7, 11) is -3.53. The highest BCUT2D eigenvalue weighted by Gasteiger charge is 2.55. The third-order valence-corrected chi connectivity index (χ3v) is 6.84. The van der Waals surface area contributed by atoms with Crippen LogP contribution in [0, 0.1) is 30.6 Å². The third-order valence-electron chi connectivity index (χ3n) is 5.61. The summed E-state index contributed by atoms with van der Waals surface area (Å²) < 4.78 is 24.5. The molecule has 0 unspecified atom stereocenters. The fraction of sp³-hybridized carbons (Fsp3) is 0.562. The van der Waals surface area contributed by atoms with Crippen LogP contribution in [0.25, 0.3) is 0 Å². The largest absolute Gasteiger partial charge is 0.276 e. The monoisotopic (exact) mass is 304 g/mol. The first-order chi connectivity index (χ1) is 10.0. The van der Waals surface area contributed by atoms with E-state index in [-0.39, 0.29) is 4.90 Å². The quantitative estimate of drug-likeness (QED) is 0.873. The highest BCUT2D eigenvalue weighted by molar-refractivity contribution is 7.89. The molecule has 1 N–H and O–H groups in total. The van der Waals surface area contributed by atoms with E-state index in [0.29, 0.717) is 5.92 Å². The fourth-order valence-corrected chi connectivity index (χ4v) is 5.43. The van der Waals surface area contributed by atoms with Crippen molar-refractivity contribution in [2.45, 2.75) is 37.5 Å². The minimum Gasteiger partial charge on any atom is -0.200 e. The van der Waals surface area contributed by atoms with Gasteiger partial charge in [-0.15, -0.1) is 0 Å². The van der Waals surface area contributed by atoms with E-state index in [4.69, 9.17) is 0 Å². The summed E-state index contributed by atoms with van der Waals surface area (Å²) in [5.74, 6) is 2.97. The molecule has 0 radical (unpaired) electrons. The van der Waals surface area contributed by atoms with E-state index in [2.05, 4.69) is 9.93 Å². The van der Waals surface area contributed by atoms with E-state index < -0.39 is 10.0 Å². The zero-order valence-corrected chi connectivity index (χ0v) is 12.9. The molecule has 1 aromatic carbocycles. The Morgan fingerprint density at radius 3 is 2.57 bits per heavy atom. The molecule has 3 fully saturated rings. The Hall–Kier alpha value is -1.36. The predicted octanol–water partition coefficient (Wildman–Crippen LogP) is 2.70. The number of sulfonamides is 1. The second-order valence-electron chi connectivity index (χ2n) is 6.72. The molecule has 112 valence electrons. The van der Waals surface area contributed by atoms with E-state index in [1.165, 1.54) is 19.3 Å². The first-order valence-electron chi connectivity index (χ1n) is 7.69. The molecule has 0 saturated heterocycles. The van der Waals surface area contributed by atoms with Crippen LogP contribution in [0.15, 0.2) is 34.3 Å². The maximum Gasteiger partial charge on any atom is 0.276 e. The lowest BCUT2D eigenvalue weighted by Crippen LogP contribution is -2.25. The number of hydrogen-bond acceptors (Lipinski definition) is 3. The van der Waals surface area contributed by atoms with Crippen LogP contribution in [0.1, 0.15) is 31.2 Å². The van der Waals surface area contributed by atoms with Crippen molar-refractivity contribution < 1.29 is 8.42 Å². The number of hydrogen-bond donors (Lipinski definition) is 1. The van der Waals surface area contributed by atoms with Gasteiger partial charge in [0.15, 0.2) is 0 Å². The molecule has 0 aromatic heterocycles. The van der Waals surface area contributed by atoms with Crippen molar-refractivity contribution in [2.75, 3.05) is 0 Å². The minimum atomic E-state index is -3.53. The van der Waals surface area contributed by atoms with E-state index in [1.807, 2.05) is 6.92 Å². The lowest BCUT2D eigenvalue weighted by molar-refractivity contribution is 0.408. The number of nitrogens with zero attached hydrogens (tertiary/aromatic N) is 1. The standard InChI is InChI=1S/C16H20N2O2S/c1-10-2-5-12(6-3-10)21(19,20)18-17-16-9-14-11-4-7-13(14)15(16)8-11/h2-3,5-6,11,13-15,18H,4,7-9H2,1H3/b17-16+/t11-,13+,14+,15+/m1/s1. The molecule has 0 amide bonds. The van der Waals surface area contributed by atoms with Crippen molar-refractivity contribution in [1.29, 1.82) is 0 Å². The van der Waals surface area contributed by atoms with Crippen molar-refractivity contribution in [2.24, 2.45) is 28.8 Å². The van der Waals surface area contributed by atoms with Crippen LogP contribution in [0.3, 0.4) is 0 Å². The van der Waals surface area contributed by atoms with Crippen LogP contribution >= 0.6 is 0 Å². The molecule has 0 spiro atoms. The molecule has 0 heterocycles. The van der Waals surface area contributed by atoms with Gasteiger partial charge < -0.3 is 0 Å². The molecule has 4 nitrogen and oxygen atoms in total. The van der Waals surface area contributed by atoms with Crippen LogP contribution in [0.4, 0.5) is 0 Å². The van der Waals surface area contributed by atoms with Crippen LogP contribution < -0.4 is 4.83 Å². The second kappa shape index (κ2) is 4.57. The summed E-state index contributed by atoms with van der Waals surface area (Å²) in [6, 6.07) is 6.86. The zero-order valence-electron chi connectivity index (χ0n) is 12.1. The van der Waals surface area contributed by atoms with Gasteiger partial charge in [-0.05, 0) is 62.5 Å². The van der Waals surface area contributed by atoms with Gasteiger partial charge in [0.25, 0.3) is 10.0 Å². The van der Waals surface area contributed by atoms with E-state index in [1.54, 1.807) is 24.3 Å². The number of aryl methyl sites for hydroxylation is 1. The molecule has 1 aromatic rings. The number of hydrazone groups is 1. The Morgan fingerprint density at radius 1 is 1.14 bits per heavy atom. The first kappa shape index (κ1) is 13.3. The molecule has 3 saturated carbocycles. The third kappa shape index (κ3) is 2.09. The average molecular weight is 304 g/mol. The SMILES string of the molecule is Cc1ccc(S(=O)(=O)N/N=C2\C[C@H]3[C@@H]4CC[C@@H]3[C@@H]2C4)cc1. The molecule has 3 aliphatic rings. The van der Waals surface area contributed by atoms with Crippen molar-refractivity contribution in [3.63, 3.8) is 0 Å². The molecule has 4 bridgehead atoms. The Morgan fingerprint density at radius 2 is 1.90 bits per heavy atom. The average Bonchev–Trinajstić information content (AvgIpc) is 3.12. The summed E-state index contributed by atoms with van der Waals surface area (Å²) in [6.45, 7) is 1.94. The van der Waals surface area contributed by atoms with Crippen LogP contribution in [0.5, 0.6) is 0 Å². The second-order valence-corrected chi connectivity index (χ2v) is 8.38. The first-order valence-corrected chi connectivity index (χ1v) is 9.18. The van der Waals surface area contributed by atoms with Gasteiger partial charge in [0.05, 0.1) is 4.90 Å². The predicted molar refractivity (Wildman–Crippen MR) is 81.4 cm³/mol. The van der Waals surface area contributed by atoms with E-state index >= 15 is 0 Å². The van der Waals surface area contributed by atoms with Crippen LogP contribution in [-0.2, 0) is 10.0 Å². The Labute approximate surface area is 125 Å². The molecule has 4 atom stereocenters. The lowest BCUT2D eigenvalue weighted by atomic mass is 9.84. The van der Waals surface area contributed by atoms with Gasteiger partial charge in [-0.1, -0.05) is 17.7 Å². The molecule has 4 rings (SSSR count). The van der Waals surface area contributed by atoms with Crippen molar-refractivity contribution in [3.8, 4) is 0 Å². The molecular weight excluding hydrogens is 284 g/mol. The summed E-state index contributed by atoms with van der Waals surface area (Å²) in [6.07, 6.45) is 4.90. The Kier molecular flexibility index (Phi) is 2.89. The summed E-state index contributed by atoms with van der Waals surface area (Å²) in [5.41, 5.74) is 2.13. The maximum absolute atomic E-state index is 12.2. The highest BCUT2D eigenvalue weighted by atomic mass is 32.2. The van der Waals surface area contributed by atoms with Crippen molar-refractivity contribution in [3.05, 3.63) is 29.8 Å². The fourth-order valence-electron chi connectivity index (χ4n) is 4.59. The lowest BCUT2D eigenvalue weighted by Gasteiger charge is -2.22. The number of rotatable bonds is 3. The molecule has 3 aliphatic carbocycles. The van der Waals surface area contributed by atoms with Crippen molar-refractivity contribution in [1.82, 2.24) is 4.83 Å². The van der Waals surface area contributed by atoms with E-state index in [0.717, 1.165) is 35.4 Å². The molecule has 21 heavy (non-hydrogen) atoms. The van der Waals surface area contributed by atoms with E-state index in [9.17, 15) is 8.42 Å². The zero-order chi connectivity index (χ0) is 14.6. The van der Waals surface area contributed by atoms with Gasteiger partial charge in [0, 0.05) is 11.6 Å². The van der Waals surface area contributed by atoms with Gasteiger partial charge in [-0.25, -0.2) is 4.83 Å². The summed E-state index contributed by atoms with van der Waals surface area (Å²) in [5, 5.41) is 4.27. The van der Waals surface area contributed by atoms with Gasteiger partial charge in [-0.2, -0.15) is 13.5 Å². The van der Waals surface area contributed by atoms with Gasteiger partial charge in [0.2, 0.25) is 0 Å².